The molecule has 3 N–H and O–H groups in total. The van der Waals surface area contributed by atoms with Gasteiger partial charge < -0.3 is 20.3 Å². The molecule has 6 heteroatoms. The predicted octanol–water partition coefficient (Wildman–Crippen LogP) is 1.83. The molecule has 17 heavy (non-hydrogen) atoms. The van der Waals surface area contributed by atoms with Crippen molar-refractivity contribution in [3.05, 3.63) is 22.7 Å². The Hall–Kier alpha value is -1.46. The first-order chi connectivity index (χ1) is 8.02. The van der Waals surface area contributed by atoms with Crippen molar-refractivity contribution in [3.63, 3.8) is 0 Å². The average Bonchev–Trinajstić information content (AvgIpc) is 2.29. The maximum absolute atomic E-state index is 10.9. The number of halogens is 1. The summed E-state index contributed by atoms with van der Waals surface area (Å²) < 4.78 is 10.4. The fourth-order valence-electron chi connectivity index (χ4n) is 1.42. The molecule has 1 aromatic rings. The zero-order valence-corrected chi connectivity index (χ0v) is 10.3. The number of nitrogens with two attached hydrogens (primary N) is 1. The molecule has 0 aromatic heterocycles. The Morgan fingerprint density at radius 3 is 2.71 bits per heavy atom. The predicted molar refractivity (Wildman–Crippen MR) is 63.7 cm³/mol. The second kappa shape index (κ2) is 5.75. The van der Waals surface area contributed by atoms with Crippen LogP contribution in [0, 0.1) is 0 Å². The number of hydrogen-bond acceptors (Lipinski definition) is 4. The van der Waals surface area contributed by atoms with Gasteiger partial charge in [0.05, 0.1) is 13.7 Å². The number of benzene rings is 1. The number of rotatable bonds is 5. The summed E-state index contributed by atoms with van der Waals surface area (Å²) in [5.41, 5.74) is 5.80. The molecule has 0 fully saturated rings. The monoisotopic (exact) mass is 259 g/mol. The lowest BCUT2D eigenvalue weighted by Crippen LogP contribution is -2.22. The minimum absolute atomic E-state index is 0.223. The summed E-state index contributed by atoms with van der Waals surface area (Å²) in [6, 6.07) is 1.88. The van der Waals surface area contributed by atoms with Crippen LogP contribution in [0.2, 0.25) is 5.02 Å². The summed E-state index contributed by atoms with van der Waals surface area (Å²) in [7, 11) is 1.46. The minimum atomic E-state index is -1.25. The van der Waals surface area contributed by atoms with Crippen LogP contribution in [0.3, 0.4) is 0 Å². The van der Waals surface area contributed by atoms with Crippen LogP contribution >= 0.6 is 11.6 Å². The van der Waals surface area contributed by atoms with Gasteiger partial charge in [-0.05, 0) is 19.1 Å². The first kappa shape index (κ1) is 13.6. The highest BCUT2D eigenvalue weighted by atomic mass is 35.5. The quantitative estimate of drug-likeness (QED) is 0.843. The topological polar surface area (TPSA) is 81.8 Å². The number of carbonyl (C=O) groups is 1. The fraction of sp³-hybridized carbons (Fsp3) is 0.364. The molecule has 0 spiro atoms. The van der Waals surface area contributed by atoms with Crippen molar-refractivity contribution in [1.29, 1.82) is 0 Å². The molecule has 1 atom stereocenters. The Bertz CT molecular complexity index is 422. The van der Waals surface area contributed by atoms with Crippen molar-refractivity contribution in [1.82, 2.24) is 0 Å². The lowest BCUT2D eigenvalue weighted by molar-refractivity contribution is -0.138. The van der Waals surface area contributed by atoms with E-state index in [9.17, 15) is 4.79 Å². The van der Waals surface area contributed by atoms with Crippen LogP contribution in [0.5, 0.6) is 11.5 Å². The van der Waals surface area contributed by atoms with Crippen molar-refractivity contribution < 1.29 is 19.4 Å². The van der Waals surface area contributed by atoms with Crippen molar-refractivity contribution in [3.8, 4) is 11.5 Å². The lowest BCUT2D eigenvalue weighted by Gasteiger charge is -2.17. The van der Waals surface area contributed by atoms with Crippen molar-refractivity contribution in [2.45, 2.75) is 13.0 Å². The number of ether oxygens (including phenoxy) is 2. The van der Waals surface area contributed by atoms with Crippen LogP contribution in [-0.2, 0) is 4.79 Å². The molecule has 5 nitrogen and oxygen atoms in total. The van der Waals surface area contributed by atoms with E-state index in [0.29, 0.717) is 12.4 Å². The highest BCUT2D eigenvalue weighted by Crippen LogP contribution is 2.39. The van der Waals surface area contributed by atoms with Gasteiger partial charge in [0.25, 0.3) is 0 Å². The van der Waals surface area contributed by atoms with Crippen LogP contribution in [-0.4, -0.2) is 24.8 Å². The van der Waals surface area contributed by atoms with Gasteiger partial charge in [-0.1, -0.05) is 11.6 Å². The van der Waals surface area contributed by atoms with Crippen LogP contribution < -0.4 is 15.2 Å². The molecular formula is C11H14ClNO4. The lowest BCUT2D eigenvalue weighted by atomic mass is 10.1. The Labute approximate surface area is 104 Å². The summed E-state index contributed by atoms with van der Waals surface area (Å²) >= 11 is 5.95. The highest BCUT2D eigenvalue weighted by molar-refractivity contribution is 6.32. The fourth-order valence-corrected chi connectivity index (χ4v) is 1.69. The molecule has 94 valence electrons. The number of aliphatic carboxylic acids is 1. The van der Waals surface area contributed by atoms with Gasteiger partial charge in [0.15, 0.2) is 11.5 Å². The summed E-state index contributed by atoms with van der Waals surface area (Å²) in [5, 5.41) is 9.18. The molecule has 1 rings (SSSR count). The maximum Gasteiger partial charge on any atom is 0.325 e. The summed E-state index contributed by atoms with van der Waals surface area (Å²) in [4.78, 5) is 10.9. The van der Waals surface area contributed by atoms with Crippen molar-refractivity contribution >= 4 is 17.6 Å². The van der Waals surface area contributed by atoms with Gasteiger partial charge in [0.1, 0.15) is 6.04 Å². The zero-order chi connectivity index (χ0) is 13.0. The van der Waals surface area contributed by atoms with Crippen molar-refractivity contribution in [2.75, 3.05) is 13.7 Å². The number of carboxylic acid groups (broad SMARTS) is 1. The molecule has 0 saturated heterocycles. The van der Waals surface area contributed by atoms with E-state index in [1.165, 1.54) is 13.2 Å². The smallest absolute Gasteiger partial charge is 0.325 e. The number of carboxylic acids is 1. The maximum atomic E-state index is 10.9. The normalized spacial score (nSPS) is 12.0. The molecular weight excluding hydrogens is 246 g/mol. The largest absolute Gasteiger partial charge is 0.493 e. The standard InChI is InChI=1S/C11H14ClNO4/c1-3-17-10-7(16-2)5-4-6(12)8(10)9(13)11(14)15/h4-5,9H,3,13H2,1-2H3,(H,14,15). The van der Waals surface area contributed by atoms with Gasteiger partial charge in [-0.15, -0.1) is 0 Å². The highest BCUT2D eigenvalue weighted by Gasteiger charge is 2.25. The van der Waals surface area contributed by atoms with Crippen molar-refractivity contribution in [2.24, 2.45) is 5.73 Å². The molecule has 0 bridgehead atoms. The SMILES string of the molecule is CCOc1c(OC)ccc(Cl)c1C(N)C(=O)O. The zero-order valence-electron chi connectivity index (χ0n) is 9.57. The minimum Gasteiger partial charge on any atom is -0.493 e. The molecule has 0 aliphatic heterocycles. The molecule has 0 aliphatic carbocycles. The third kappa shape index (κ3) is 2.81. The Kier molecular flexibility index (Phi) is 4.60. The second-order valence-electron chi connectivity index (χ2n) is 3.24. The first-order valence-electron chi connectivity index (χ1n) is 5.00. The van der Waals surface area contributed by atoms with Gasteiger partial charge >= 0.3 is 5.97 Å². The average molecular weight is 260 g/mol. The number of hydrogen-bond donors (Lipinski definition) is 2. The van der Waals surface area contributed by atoms with Gasteiger partial charge in [-0.3, -0.25) is 4.79 Å². The molecule has 1 unspecified atom stereocenters. The van der Waals surface area contributed by atoms with E-state index >= 15 is 0 Å². The van der Waals surface area contributed by atoms with Crippen LogP contribution in [0.4, 0.5) is 0 Å². The van der Waals surface area contributed by atoms with Gasteiger partial charge in [0, 0.05) is 10.6 Å². The van der Waals surface area contributed by atoms with Crippen LogP contribution in [0.25, 0.3) is 0 Å². The Morgan fingerprint density at radius 1 is 1.59 bits per heavy atom. The van der Waals surface area contributed by atoms with E-state index in [1.54, 1.807) is 13.0 Å². The first-order valence-corrected chi connectivity index (χ1v) is 5.38. The van der Waals surface area contributed by atoms with Gasteiger partial charge in [0.2, 0.25) is 0 Å². The van der Waals surface area contributed by atoms with Gasteiger partial charge in [-0.25, -0.2) is 0 Å². The summed E-state index contributed by atoms with van der Waals surface area (Å²) in [6.07, 6.45) is 0. The number of methoxy groups -OCH3 is 1. The molecule has 0 saturated carbocycles. The van der Waals surface area contributed by atoms with Gasteiger partial charge in [-0.2, -0.15) is 0 Å². The summed E-state index contributed by atoms with van der Waals surface area (Å²) in [5.74, 6) is -0.499. The van der Waals surface area contributed by atoms with E-state index in [-0.39, 0.29) is 16.3 Å². The van der Waals surface area contributed by atoms with E-state index in [4.69, 9.17) is 31.9 Å². The Balaban J connectivity index is 3.37. The van der Waals surface area contributed by atoms with E-state index in [0.717, 1.165) is 0 Å². The second-order valence-corrected chi connectivity index (χ2v) is 3.65. The van der Waals surface area contributed by atoms with E-state index in [1.807, 2.05) is 0 Å². The van der Waals surface area contributed by atoms with Crippen LogP contribution in [0.1, 0.15) is 18.5 Å². The van der Waals surface area contributed by atoms with E-state index in [2.05, 4.69) is 0 Å². The Morgan fingerprint density at radius 2 is 2.24 bits per heavy atom. The van der Waals surface area contributed by atoms with E-state index < -0.39 is 12.0 Å². The third-order valence-corrected chi connectivity index (χ3v) is 2.52. The molecule has 0 heterocycles. The third-order valence-electron chi connectivity index (χ3n) is 2.19. The molecule has 1 aromatic carbocycles. The molecule has 0 radical (unpaired) electrons. The van der Waals surface area contributed by atoms with Crippen LogP contribution in [0.15, 0.2) is 12.1 Å². The molecule has 0 aliphatic rings. The molecule has 0 amide bonds. The summed E-state index contributed by atoms with van der Waals surface area (Å²) in [6.45, 7) is 2.13.